The Morgan fingerprint density at radius 2 is 2.31 bits per heavy atom. The van der Waals surface area contributed by atoms with Crippen molar-refractivity contribution in [3.63, 3.8) is 0 Å². The molecule has 1 aromatic rings. The predicted octanol–water partition coefficient (Wildman–Crippen LogP) is 2.86. The number of rotatable bonds is 4. The molecule has 0 heterocycles. The van der Waals surface area contributed by atoms with Crippen molar-refractivity contribution in [2.45, 2.75) is 6.54 Å². The summed E-state index contributed by atoms with van der Waals surface area (Å²) in [4.78, 5) is 0. The number of hydrogen-bond acceptors (Lipinski definition) is 1. The first-order valence-corrected chi connectivity index (χ1v) is 4.79. The van der Waals surface area contributed by atoms with Crippen LogP contribution in [0.15, 0.2) is 35.3 Å². The molecule has 3 heteroatoms. The van der Waals surface area contributed by atoms with Crippen molar-refractivity contribution in [1.82, 2.24) is 5.32 Å². The summed E-state index contributed by atoms with van der Waals surface area (Å²) in [6.07, 6.45) is 1.79. The maximum atomic E-state index is 12.7. The van der Waals surface area contributed by atoms with E-state index in [1.54, 1.807) is 12.1 Å². The molecule has 1 rings (SSSR count). The molecule has 0 saturated heterocycles. The third kappa shape index (κ3) is 3.28. The van der Waals surface area contributed by atoms with Crippen LogP contribution in [0.5, 0.6) is 0 Å². The summed E-state index contributed by atoms with van der Waals surface area (Å²) >= 11 is 3.29. The van der Waals surface area contributed by atoms with Gasteiger partial charge in [0, 0.05) is 17.6 Å². The van der Waals surface area contributed by atoms with E-state index in [9.17, 15) is 4.39 Å². The zero-order valence-electron chi connectivity index (χ0n) is 7.19. The summed E-state index contributed by atoms with van der Waals surface area (Å²) in [5.74, 6) is -0.223. The largest absolute Gasteiger partial charge is 0.309 e. The van der Waals surface area contributed by atoms with Gasteiger partial charge in [0.05, 0.1) is 0 Å². The highest BCUT2D eigenvalue weighted by Crippen LogP contribution is 2.17. The van der Waals surface area contributed by atoms with Crippen LogP contribution >= 0.6 is 15.9 Å². The minimum atomic E-state index is -0.223. The first-order valence-electron chi connectivity index (χ1n) is 3.99. The molecule has 0 unspecified atom stereocenters. The Morgan fingerprint density at radius 1 is 1.54 bits per heavy atom. The van der Waals surface area contributed by atoms with Gasteiger partial charge < -0.3 is 5.32 Å². The van der Waals surface area contributed by atoms with E-state index in [2.05, 4.69) is 27.8 Å². The van der Waals surface area contributed by atoms with Crippen LogP contribution in [0.1, 0.15) is 5.56 Å². The second-order valence-electron chi connectivity index (χ2n) is 2.66. The van der Waals surface area contributed by atoms with Crippen LogP contribution < -0.4 is 5.32 Å². The Bertz CT molecular complexity index is 299. The average molecular weight is 244 g/mol. The highest BCUT2D eigenvalue weighted by atomic mass is 79.9. The number of hydrogen-bond donors (Lipinski definition) is 1. The highest BCUT2D eigenvalue weighted by Gasteiger charge is 1.99. The number of benzene rings is 1. The van der Waals surface area contributed by atoms with E-state index < -0.39 is 0 Å². The number of halogens is 2. The molecule has 0 amide bonds. The van der Waals surface area contributed by atoms with Gasteiger partial charge in [0.2, 0.25) is 0 Å². The van der Waals surface area contributed by atoms with E-state index in [1.807, 2.05) is 0 Å². The second-order valence-corrected chi connectivity index (χ2v) is 3.51. The molecule has 70 valence electrons. The van der Waals surface area contributed by atoms with Crippen LogP contribution in [0.4, 0.5) is 4.39 Å². The van der Waals surface area contributed by atoms with Crippen molar-refractivity contribution >= 4 is 15.9 Å². The molecule has 13 heavy (non-hydrogen) atoms. The zero-order chi connectivity index (χ0) is 9.68. The third-order valence-corrected chi connectivity index (χ3v) is 2.36. The smallest absolute Gasteiger partial charge is 0.124 e. The van der Waals surface area contributed by atoms with Crippen molar-refractivity contribution in [1.29, 1.82) is 0 Å². The van der Waals surface area contributed by atoms with Crippen molar-refractivity contribution in [3.05, 3.63) is 46.7 Å². The monoisotopic (exact) mass is 243 g/mol. The van der Waals surface area contributed by atoms with Gasteiger partial charge in [0.1, 0.15) is 5.82 Å². The van der Waals surface area contributed by atoms with Gasteiger partial charge in [-0.25, -0.2) is 4.39 Å². The minimum Gasteiger partial charge on any atom is -0.309 e. The first kappa shape index (κ1) is 10.4. The molecule has 0 saturated carbocycles. The van der Waals surface area contributed by atoms with Crippen molar-refractivity contribution < 1.29 is 4.39 Å². The van der Waals surface area contributed by atoms with Crippen LogP contribution in [0.3, 0.4) is 0 Å². The molecule has 1 nitrogen and oxygen atoms in total. The van der Waals surface area contributed by atoms with Crippen molar-refractivity contribution in [2.24, 2.45) is 0 Å². The van der Waals surface area contributed by atoms with Gasteiger partial charge in [-0.2, -0.15) is 0 Å². The summed E-state index contributed by atoms with van der Waals surface area (Å²) in [5.41, 5.74) is 1.04. The molecule has 0 aromatic heterocycles. The summed E-state index contributed by atoms with van der Waals surface area (Å²) < 4.78 is 13.5. The fraction of sp³-hybridized carbons (Fsp3) is 0.200. The molecule has 0 aliphatic heterocycles. The van der Waals surface area contributed by atoms with Gasteiger partial charge in [0.25, 0.3) is 0 Å². The summed E-state index contributed by atoms with van der Waals surface area (Å²) in [5, 5.41) is 3.14. The van der Waals surface area contributed by atoms with Gasteiger partial charge in [-0.1, -0.05) is 28.1 Å². The second kappa shape index (κ2) is 5.14. The molecule has 0 spiro atoms. The van der Waals surface area contributed by atoms with E-state index in [0.29, 0.717) is 6.54 Å². The van der Waals surface area contributed by atoms with Crippen LogP contribution in [0, 0.1) is 5.82 Å². The van der Waals surface area contributed by atoms with E-state index in [4.69, 9.17) is 0 Å². The van der Waals surface area contributed by atoms with E-state index in [1.165, 1.54) is 12.1 Å². The summed E-state index contributed by atoms with van der Waals surface area (Å²) in [6, 6.07) is 4.68. The average Bonchev–Trinajstić information content (AvgIpc) is 2.09. The standard InChI is InChI=1S/C10H11BrFN/c1-2-5-13-7-8-3-4-9(12)6-10(8)11/h2-4,6,13H,1,5,7H2. The lowest BCUT2D eigenvalue weighted by molar-refractivity contribution is 0.625. The Labute approximate surface area is 85.8 Å². The zero-order valence-corrected chi connectivity index (χ0v) is 8.77. The van der Waals surface area contributed by atoms with Gasteiger partial charge in [0.15, 0.2) is 0 Å². The molecule has 0 atom stereocenters. The molecular formula is C10H11BrFN. The molecule has 0 aliphatic rings. The van der Waals surface area contributed by atoms with Crippen LogP contribution in [0.25, 0.3) is 0 Å². The molecule has 0 fully saturated rings. The third-order valence-electron chi connectivity index (χ3n) is 1.62. The van der Waals surface area contributed by atoms with Crippen LogP contribution in [0.2, 0.25) is 0 Å². The Kier molecular flexibility index (Phi) is 4.12. The molecular weight excluding hydrogens is 233 g/mol. The van der Waals surface area contributed by atoms with Crippen molar-refractivity contribution in [3.8, 4) is 0 Å². The topological polar surface area (TPSA) is 12.0 Å². The fourth-order valence-corrected chi connectivity index (χ4v) is 1.46. The van der Waals surface area contributed by atoms with Crippen molar-refractivity contribution in [2.75, 3.05) is 6.54 Å². The minimum absolute atomic E-state index is 0.223. The predicted molar refractivity (Wildman–Crippen MR) is 56.0 cm³/mol. The normalized spacial score (nSPS) is 10.0. The summed E-state index contributed by atoms with van der Waals surface area (Å²) in [6.45, 7) is 5.06. The van der Waals surface area contributed by atoms with E-state index in [0.717, 1.165) is 16.6 Å². The molecule has 1 N–H and O–H groups in total. The fourth-order valence-electron chi connectivity index (χ4n) is 0.974. The lowest BCUT2D eigenvalue weighted by atomic mass is 10.2. The lowest BCUT2D eigenvalue weighted by Crippen LogP contribution is -2.12. The van der Waals surface area contributed by atoms with Gasteiger partial charge in [-0.05, 0) is 17.7 Å². The Balaban J connectivity index is 2.61. The maximum Gasteiger partial charge on any atom is 0.124 e. The highest BCUT2D eigenvalue weighted by molar-refractivity contribution is 9.10. The summed E-state index contributed by atoms with van der Waals surface area (Å²) in [7, 11) is 0. The molecule has 1 aromatic carbocycles. The molecule has 0 radical (unpaired) electrons. The Hall–Kier alpha value is -0.670. The van der Waals surface area contributed by atoms with E-state index >= 15 is 0 Å². The quantitative estimate of drug-likeness (QED) is 0.634. The van der Waals surface area contributed by atoms with Crippen LogP contribution in [-0.4, -0.2) is 6.54 Å². The first-order chi connectivity index (χ1) is 6.24. The lowest BCUT2D eigenvalue weighted by Gasteiger charge is -2.04. The molecule has 0 aliphatic carbocycles. The Morgan fingerprint density at radius 3 is 2.92 bits per heavy atom. The SMILES string of the molecule is C=CCNCc1ccc(F)cc1Br. The van der Waals surface area contributed by atoms with Gasteiger partial charge in [-0.3, -0.25) is 0 Å². The molecule has 0 bridgehead atoms. The van der Waals surface area contributed by atoms with Gasteiger partial charge >= 0.3 is 0 Å². The maximum absolute atomic E-state index is 12.7. The van der Waals surface area contributed by atoms with E-state index in [-0.39, 0.29) is 5.82 Å². The van der Waals surface area contributed by atoms with Crippen LogP contribution in [-0.2, 0) is 6.54 Å². The number of nitrogens with one attached hydrogen (secondary N) is 1. The van der Waals surface area contributed by atoms with Gasteiger partial charge in [-0.15, -0.1) is 6.58 Å².